The molecule has 5 aromatic rings. The van der Waals surface area contributed by atoms with Gasteiger partial charge in [0.2, 0.25) is 0 Å². The Hall–Kier alpha value is -3.61. The number of likely N-dealkylation sites (tertiary alicyclic amines) is 1. The highest BCUT2D eigenvalue weighted by Gasteiger charge is 2.20. The van der Waals surface area contributed by atoms with E-state index >= 15 is 0 Å². The fourth-order valence-corrected chi connectivity index (χ4v) is 5.57. The fourth-order valence-electron chi connectivity index (χ4n) is 5.26. The van der Waals surface area contributed by atoms with Crippen molar-refractivity contribution < 1.29 is 0 Å². The summed E-state index contributed by atoms with van der Waals surface area (Å²) >= 11 is 6.59. The van der Waals surface area contributed by atoms with Crippen LogP contribution in [0.15, 0.2) is 72.9 Å². The van der Waals surface area contributed by atoms with Crippen LogP contribution in [0, 0.1) is 6.92 Å². The molecule has 3 N–H and O–H groups in total. The maximum absolute atomic E-state index is 6.59. The number of anilines is 2. The lowest BCUT2D eigenvalue weighted by atomic mass is 10.0. The molecule has 0 bridgehead atoms. The number of piperidine rings is 1. The Morgan fingerprint density at radius 3 is 2.58 bits per heavy atom. The van der Waals surface area contributed by atoms with Crippen molar-refractivity contribution in [2.24, 2.45) is 0 Å². The minimum Gasteiger partial charge on any atom is -0.382 e. The first-order chi connectivity index (χ1) is 17.6. The van der Waals surface area contributed by atoms with Crippen LogP contribution in [0.3, 0.4) is 0 Å². The second-order valence-electron chi connectivity index (χ2n) is 9.62. The van der Waals surface area contributed by atoms with Crippen molar-refractivity contribution in [2.45, 2.75) is 32.4 Å². The monoisotopic (exact) mass is 496 g/mol. The molecule has 0 unspecified atom stereocenters. The molecule has 0 radical (unpaired) electrons. The second kappa shape index (κ2) is 9.45. The van der Waals surface area contributed by atoms with E-state index in [0.717, 1.165) is 71.7 Å². The average molecular weight is 497 g/mol. The highest BCUT2D eigenvalue weighted by molar-refractivity contribution is 6.33. The van der Waals surface area contributed by atoms with Crippen LogP contribution in [0.1, 0.15) is 24.0 Å². The van der Waals surface area contributed by atoms with Crippen molar-refractivity contribution >= 4 is 39.7 Å². The van der Waals surface area contributed by atoms with E-state index in [1.54, 1.807) is 6.20 Å². The third kappa shape index (κ3) is 4.27. The number of aromatic nitrogens is 3. The van der Waals surface area contributed by atoms with Gasteiger partial charge in [-0.05, 0) is 55.2 Å². The average Bonchev–Trinajstić information content (AvgIpc) is 3.31. The van der Waals surface area contributed by atoms with Crippen LogP contribution < -0.4 is 11.1 Å². The summed E-state index contributed by atoms with van der Waals surface area (Å²) in [5, 5.41) is 4.40. The number of halogens is 1. The van der Waals surface area contributed by atoms with E-state index in [0.29, 0.717) is 16.9 Å². The summed E-state index contributed by atoms with van der Waals surface area (Å²) in [6, 6.07) is 23.3. The van der Waals surface area contributed by atoms with Crippen molar-refractivity contribution in [3.8, 4) is 11.4 Å². The van der Waals surface area contributed by atoms with Crippen molar-refractivity contribution in [3.05, 3.63) is 89.1 Å². The summed E-state index contributed by atoms with van der Waals surface area (Å²) in [5.41, 5.74) is 13.3. The molecule has 6 rings (SSSR count). The molecule has 6 nitrogen and oxygen atoms in total. The van der Waals surface area contributed by atoms with Gasteiger partial charge in [-0.3, -0.25) is 9.30 Å². The lowest BCUT2D eigenvalue weighted by molar-refractivity contribution is 0.211. The third-order valence-electron chi connectivity index (χ3n) is 7.13. The molecule has 2 aromatic heterocycles. The van der Waals surface area contributed by atoms with Gasteiger partial charge < -0.3 is 11.1 Å². The molecule has 0 atom stereocenters. The zero-order valence-corrected chi connectivity index (χ0v) is 21.0. The number of rotatable bonds is 5. The van der Waals surface area contributed by atoms with E-state index in [1.165, 1.54) is 5.56 Å². The molecule has 1 saturated heterocycles. The number of nitrogens with two attached hydrogens (primary N) is 1. The molecule has 3 heterocycles. The molecular formula is C29H29ClN6. The molecule has 1 fully saturated rings. The van der Waals surface area contributed by atoms with Gasteiger partial charge in [0.25, 0.3) is 0 Å². The molecule has 0 amide bonds. The molecule has 0 aliphatic carbocycles. The van der Waals surface area contributed by atoms with Crippen molar-refractivity contribution in [3.63, 3.8) is 0 Å². The number of nitrogens with zero attached hydrogens (tertiary/aromatic N) is 4. The second-order valence-corrected chi connectivity index (χ2v) is 10.0. The Kier molecular flexibility index (Phi) is 5.99. The zero-order valence-electron chi connectivity index (χ0n) is 20.3. The SMILES string of the molecule is Cc1cccc(Cl)c1-c1ncc2c(N)nc3cc(NC4CCN(Cc5ccccc5)CC4)ccc3n12. The highest BCUT2D eigenvalue weighted by atomic mass is 35.5. The number of hydrogen-bond donors (Lipinski definition) is 2. The number of nitrogen functional groups attached to an aromatic ring is 1. The summed E-state index contributed by atoms with van der Waals surface area (Å²) in [6.45, 7) is 5.23. The molecule has 7 heteroatoms. The minimum atomic E-state index is 0.435. The standard InChI is InChI=1S/C29H29ClN6/c1-19-6-5-9-23(30)27(19)29-32-17-26-28(31)34-24-16-22(10-11-25(24)36(26)29)33-21-12-14-35(15-13-21)18-20-7-3-2-4-8-20/h2-11,16-17,21,33H,12-15,18H2,1H3,(H2,31,34). The first-order valence-corrected chi connectivity index (χ1v) is 12.8. The summed E-state index contributed by atoms with van der Waals surface area (Å²) in [7, 11) is 0. The molecule has 1 aliphatic rings. The van der Waals surface area contributed by atoms with Gasteiger partial charge in [-0.15, -0.1) is 0 Å². The molecule has 0 spiro atoms. The third-order valence-corrected chi connectivity index (χ3v) is 7.45. The van der Waals surface area contributed by atoms with Crippen LogP contribution in [-0.2, 0) is 6.54 Å². The summed E-state index contributed by atoms with van der Waals surface area (Å²) < 4.78 is 2.07. The molecular weight excluding hydrogens is 468 g/mol. The van der Waals surface area contributed by atoms with Crippen molar-refractivity contribution in [1.29, 1.82) is 0 Å². The van der Waals surface area contributed by atoms with Gasteiger partial charge in [-0.25, -0.2) is 9.97 Å². The van der Waals surface area contributed by atoms with Gasteiger partial charge in [0.15, 0.2) is 0 Å². The number of aryl methyl sites for hydroxylation is 1. The predicted octanol–water partition coefficient (Wildman–Crippen LogP) is 6.17. The van der Waals surface area contributed by atoms with Gasteiger partial charge in [-0.2, -0.15) is 0 Å². The Bertz CT molecular complexity index is 1520. The molecule has 0 saturated carbocycles. The quantitative estimate of drug-likeness (QED) is 0.304. The fraction of sp³-hybridized carbons (Fsp3) is 0.241. The van der Waals surface area contributed by atoms with E-state index < -0.39 is 0 Å². The van der Waals surface area contributed by atoms with Crippen molar-refractivity contribution in [1.82, 2.24) is 19.3 Å². The van der Waals surface area contributed by atoms with Crippen LogP contribution in [0.2, 0.25) is 5.02 Å². The number of fused-ring (bicyclic) bond motifs is 3. The van der Waals surface area contributed by atoms with E-state index in [1.807, 2.05) is 25.1 Å². The van der Waals surface area contributed by atoms with Gasteiger partial charge in [-0.1, -0.05) is 54.1 Å². The topological polar surface area (TPSA) is 71.5 Å². The first kappa shape index (κ1) is 22.8. The largest absolute Gasteiger partial charge is 0.382 e. The van der Waals surface area contributed by atoms with E-state index in [9.17, 15) is 0 Å². The molecule has 3 aromatic carbocycles. The number of imidazole rings is 1. The smallest absolute Gasteiger partial charge is 0.150 e. The summed E-state index contributed by atoms with van der Waals surface area (Å²) in [5.74, 6) is 1.23. The lowest BCUT2D eigenvalue weighted by Crippen LogP contribution is -2.38. The predicted molar refractivity (Wildman–Crippen MR) is 148 cm³/mol. The van der Waals surface area contributed by atoms with Crippen molar-refractivity contribution in [2.75, 3.05) is 24.1 Å². The maximum Gasteiger partial charge on any atom is 0.150 e. The normalized spacial score (nSPS) is 15.1. The van der Waals surface area contributed by atoms with Crippen LogP contribution in [0.25, 0.3) is 27.9 Å². The Morgan fingerprint density at radius 2 is 1.81 bits per heavy atom. The molecule has 36 heavy (non-hydrogen) atoms. The van der Waals surface area contributed by atoms with Crippen LogP contribution >= 0.6 is 11.6 Å². The maximum atomic E-state index is 6.59. The van der Waals surface area contributed by atoms with Crippen LogP contribution in [0.4, 0.5) is 11.5 Å². The number of benzene rings is 3. The van der Waals surface area contributed by atoms with Gasteiger partial charge in [0.1, 0.15) is 17.2 Å². The lowest BCUT2D eigenvalue weighted by Gasteiger charge is -2.33. The minimum absolute atomic E-state index is 0.435. The molecule has 182 valence electrons. The Morgan fingerprint density at radius 1 is 1.00 bits per heavy atom. The van der Waals surface area contributed by atoms with Gasteiger partial charge >= 0.3 is 0 Å². The first-order valence-electron chi connectivity index (χ1n) is 12.4. The van der Waals surface area contributed by atoms with E-state index in [-0.39, 0.29) is 0 Å². The zero-order chi connectivity index (χ0) is 24.6. The van der Waals surface area contributed by atoms with Gasteiger partial charge in [0.05, 0.1) is 22.3 Å². The summed E-state index contributed by atoms with van der Waals surface area (Å²) in [6.07, 6.45) is 3.99. The van der Waals surface area contributed by atoms with E-state index in [4.69, 9.17) is 22.3 Å². The number of hydrogen-bond acceptors (Lipinski definition) is 5. The summed E-state index contributed by atoms with van der Waals surface area (Å²) in [4.78, 5) is 11.9. The van der Waals surface area contributed by atoms with Crippen LogP contribution in [-0.4, -0.2) is 38.4 Å². The van der Waals surface area contributed by atoms with E-state index in [2.05, 4.69) is 68.1 Å². The Labute approximate surface area is 215 Å². The Balaban J connectivity index is 1.25. The van der Waals surface area contributed by atoms with Gasteiger partial charge in [0, 0.05) is 36.9 Å². The van der Waals surface area contributed by atoms with Crippen LogP contribution in [0.5, 0.6) is 0 Å². The molecule has 1 aliphatic heterocycles. The highest BCUT2D eigenvalue weighted by Crippen LogP contribution is 2.34. The number of nitrogens with one attached hydrogen (secondary N) is 1.